The second-order valence-corrected chi connectivity index (χ2v) is 9.23. The molecule has 0 bridgehead atoms. The highest BCUT2D eigenvalue weighted by molar-refractivity contribution is 6.04. The number of hydrogen-bond acceptors (Lipinski definition) is 5. The lowest BCUT2D eigenvalue weighted by molar-refractivity contribution is -0.140. The van der Waals surface area contributed by atoms with Gasteiger partial charge in [0.15, 0.2) is 5.78 Å². The molecule has 0 spiro atoms. The normalized spacial score (nSPS) is 19.9. The summed E-state index contributed by atoms with van der Waals surface area (Å²) in [5, 5.41) is 3.37. The van der Waals surface area contributed by atoms with Gasteiger partial charge in [0.2, 0.25) is 0 Å². The van der Waals surface area contributed by atoms with E-state index in [1.165, 1.54) is 0 Å². The number of hydrogen-bond donors (Lipinski definition) is 1. The zero-order chi connectivity index (χ0) is 22.9. The molecule has 2 aromatic carbocycles. The van der Waals surface area contributed by atoms with E-state index in [1.54, 1.807) is 7.11 Å². The van der Waals surface area contributed by atoms with Gasteiger partial charge in [-0.1, -0.05) is 62.4 Å². The van der Waals surface area contributed by atoms with Crippen molar-refractivity contribution in [1.29, 1.82) is 0 Å². The van der Waals surface area contributed by atoms with Crippen molar-refractivity contribution in [2.24, 2.45) is 5.41 Å². The van der Waals surface area contributed by atoms with Gasteiger partial charge in [-0.2, -0.15) is 0 Å². The SMILES string of the molecule is COc1ccccc1[C@H]1C(C(=O)OCc2ccccc2)=C(C)NC2=C1C(=O)CC(C)(C)C2. The fourth-order valence-corrected chi connectivity index (χ4v) is 4.72. The van der Waals surface area contributed by atoms with E-state index < -0.39 is 11.9 Å². The molecule has 1 atom stereocenters. The van der Waals surface area contributed by atoms with Gasteiger partial charge in [-0.05, 0) is 30.4 Å². The molecule has 1 N–H and O–H groups in total. The predicted molar refractivity (Wildman–Crippen MR) is 123 cm³/mol. The second-order valence-electron chi connectivity index (χ2n) is 9.23. The monoisotopic (exact) mass is 431 g/mol. The molecule has 5 heteroatoms. The average Bonchev–Trinajstić information content (AvgIpc) is 2.76. The van der Waals surface area contributed by atoms with Crippen LogP contribution in [0.5, 0.6) is 5.75 Å². The van der Waals surface area contributed by atoms with Crippen LogP contribution in [-0.2, 0) is 20.9 Å². The summed E-state index contributed by atoms with van der Waals surface area (Å²) in [5.41, 5.74) is 4.26. The van der Waals surface area contributed by atoms with Crippen LogP contribution in [0.4, 0.5) is 0 Å². The fraction of sp³-hybridized carbons (Fsp3) is 0.333. The van der Waals surface area contributed by atoms with Crippen molar-refractivity contribution in [2.75, 3.05) is 7.11 Å². The zero-order valence-corrected chi connectivity index (χ0v) is 19.0. The third-order valence-electron chi connectivity index (χ3n) is 6.12. The lowest BCUT2D eigenvalue weighted by Crippen LogP contribution is -2.38. The zero-order valence-electron chi connectivity index (χ0n) is 19.0. The van der Waals surface area contributed by atoms with Gasteiger partial charge in [-0.15, -0.1) is 0 Å². The van der Waals surface area contributed by atoms with Crippen molar-refractivity contribution in [1.82, 2.24) is 5.32 Å². The Morgan fingerprint density at radius 1 is 1.06 bits per heavy atom. The molecule has 1 aliphatic carbocycles. The maximum atomic E-state index is 13.4. The number of ketones is 1. The molecule has 5 nitrogen and oxygen atoms in total. The highest BCUT2D eigenvalue weighted by atomic mass is 16.5. The Labute approximate surface area is 189 Å². The number of nitrogens with one attached hydrogen (secondary N) is 1. The minimum absolute atomic E-state index is 0.0560. The number of methoxy groups -OCH3 is 1. The highest BCUT2D eigenvalue weighted by Crippen LogP contribution is 2.48. The molecule has 4 rings (SSSR count). The molecule has 166 valence electrons. The van der Waals surface area contributed by atoms with Crippen LogP contribution in [0.2, 0.25) is 0 Å². The third-order valence-corrected chi connectivity index (χ3v) is 6.12. The number of Topliss-reactive ketones (excluding diaryl/α,β-unsaturated/α-hetero) is 1. The summed E-state index contributed by atoms with van der Waals surface area (Å²) in [7, 11) is 1.60. The van der Waals surface area contributed by atoms with E-state index in [2.05, 4.69) is 19.2 Å². The molecule has 1 aliphatic heterocycles. The number of ether oxygens (including phenoxy) is 2. The maximum Gasteiger partial charge on any atom is 0.337 e. The van der Waals surface area contributed by atoms with E-state index in [0.717, 1.165) is 23.2 Å². The Kier molecular flexibility index (Phi) is 5.92. The van der Waals surface area contributed by atoms with Crippen LogP contribution in [0, 0.1) is 5.41 Å². The minimum Gasteiger partial charge on any atom is -0.496 e. The molecule has 32 heavy (non-hydrogen) atoms. The van der Waals surface area contributed by atoms with E-state index >= 15 is 0 Å². The number of benzene rings is 2. The first-order chi connectivity index (χ1) is 15.3. The van der Waals surface area contributed by atoms with Crippen molar-refractivity contribution in [3.63, 3.8) is 0 Å². The number of carbonyl (C=O) groups excluding carboxylic acids is 2. The van der Waals surface area contributed by atoms with Crippen LogP contribution in [0.25, 0.3) is 0 Å². The number of carbonyl (C=O) groups is 2. The molecular weight excluding hydrogens is 402 g/mol. The molecule has 1 heterocycles. The topological polar surface area (TPSA) is 64.6 Å². The number of allylic oxidation sites excluding steroid dienone is 3. The Morgan fingerprint density at radius 3 is 2.47 bits per heavy atom. The fourth-order valence-electron chi connectivity index (χ4n) is 4.72. The molecular formula is C27H29NO4. The van der Waals surface area contributed by atoms with Crippen LogP contribution < -0.4 is 10.1 Å². The van der Waals surface area contributed by atoms with Crippen molar-refractivity contribution in [3.05, 3.63) is 88.3 Å². The Hall–Kier alpha value is -3.34. The van der Waals surface area contributed by atoms with E-state index in [-0.39, 0.29) is 17.8 Å². The average molecular weight is 432 g/mol. The first-order valence-corrected chi connectivity index (χ1v) is 10.9. The first kappa shape index (κ1) is 21.9. The second kappa shape index (κ2) is 8.65. The van der Waals surface area contributed by atoms with Crippen LogP contribution in [0.15, 0.2) is 77.1 Å². The Morgan fingerprint density at radius 2 is 1.75 bits per heavy atom. The summed E-state index contributed by atoms with van der Waals surface area (Å²) in [5.74, 6) is -0.265. The van der Waals surface area contributed by atoms with Gasteiger partial charge in [0.25, 0.3) is 0 Å². The molecule has 0 saturated carbocycles. The first-order valence-electron chi connectivity index (χ1n) is 10.9. The largest absolute Gasteiger partial charge is 0.496 e. The standard InChI is InChI=1S/C27H29NO4/c1-17-23(26(30)32-16-18-10-6-5-7-11-18)24(19-12-8-9-13-22(19)31-4)25-20(28-17)14-27(2,3)15-21(25)29/h5-13,24,28H,14-16H2,1-4H3/t24-/m0/s1. The number of para-hydroxylation sites is 1. The number of esters is 1. The van der Waals surface area contributed by atoms with Crippen molar-refractivity contribution in [2.45, 2.75) is 46.1 Å². The molecule has 2 aliphatic rings. The maximum absolute atomic E-state index is 13.4. The smallest absolute Gasteiger partial charge is 0.337 e. The third kappa shape index (κ3) is 4.20. The van der Waals surface area contributed by atoms with Gasteiger partial charge in [0.1, 0.15) is 12.4 Å². The molecule has 0 fully saturated rings. The quantitative estimate of drug-likeness (QED) is 0.672. The van der Waals surface area contributed by atoms with Gasteiger partial charge >= 0.3 is 5.97 Å². The molecule has 0 radical (unpaired) electrons. The summed E-state index contributed by atoms with van der Waals surface area (Å²) in [6.07, 6.45) is 1.17. The van der Waals surface area contributed by atoms with E-state index in [1.807, 2.05) is 61.5 Å². The molecule has 2 aromatic rings. The predicted octanol–water partition coefficient (Wildman–Crippen LogP) is 5.04. The van der Waals surface area contributed by atoms with Crippen LogP contribution >= 0.6 is 0 Å². The van der Waals surface area contributed by atoms with E-state index in [0.29, 0.717) is 29.0 Å². The molecule has 0 amide bonds. The molecule has 0 aromatic heterocycles. The van der Waals surface area contributed by atoms with Crippen LogP contribution in [0.1, 0.15) is 50.7 Å². The summed E-state index contributed by atoms with van der Waals surface area (Å²) in [6, 6.07) is 17.1. The summed E-state index contributed by atoms with van der Waals surface area (Å²) in [4.78, 5) is 26.7. The van der Waals surface area contributed by atoms with E-state index in [4.69, 9.17) is 9.47 Å². The van der Waals surface area contributed by atoms with Crippen LogP contribution in [-0.4, -0.2) is 18.9 Å². The molecule has 0 saturated heterocycles. The lowest BCUT2D eigenvalue weighted by Gasteiger charge is -2.39. The van der Waals surface area contributed by atoms with Crippen molar-refractivity contribution in [3.8, 4) is 5.75 Å². The summed E-state index contributed by atoms with van der Waals surface area (Å²) >= 11 is 0. The Bertz CT molecular complexity index is 1110. The minimum atomic E-state index is -0.533. The van der Waals surface area contributed by atoms with Crippen molar-refractivity contribution < 1.29 is 19.1 Å². The van der Waals surface area contributed by atoms with Crippen molar-refractivity contribution >= 4 is 11.8 Å². The van der Waals surface area contributed by atoms with E-state index in [9.17, 15) is 9.59 Å². The van der Waals surface area contributed by atoms with Gasteiger partial charge in [0.05, 0.1) is 18.6 Å². The summed E-state index contributed by atoms with van der Waals surface area (Å²) in [6.45, 7) is 6.23. The van der Waals surface area contributed by atoms with Gasteiger partial charge in [-0.25, -0.2) is 4.79 Å². The van der Waals surface area contributed by atoms with Crippen LogP contribution in [0.3, 0.4) is 0 Å². The molecule has 0 unspecified atom stereocenters. The number of rotatable bonds is 5. The highest BCUT2D eigenvalue weighted by Gasteiger charge is 2.43. The summed E-state index contributed by atoms with van der Waals surface area (Å²) < 4.78 is 11.3. The lowest BCUT2D eigenvalue weighted by atomic mass is 9.68. The number of dihydropyridines is 1. The van der Waals surface area contributed by atoms with Gasteiger partial charge < -0.3 is 14.8 Å². The van der Waals surface area contributed by atoms with Gasteiger partial charge in [-0.3, -0.25) is 4.79 Å². The Balaban J connectivity index is 1.77. The van der Waals surface area contributed by atoms with Gasteiger partial charge in [0, 0.05) is 29.0 Å².